The molecule has 0 aliphatic rings. The second-order valence-corrected chi connectivity index (χ2v) is 6.59. The molecule has 0 spiro atoms. The maximum Gasteiger partial charge on any atom is 0.191 e. The Morgan fingerprint density at radius 3 is 2.62 bits per heavy atom. The predicted molar refractivity (Wildman–Crippen MR) is 126 cm³/mol. The van der Waals surface area contributed by atoms with Gasteiger partial charge in [0.25, 0.3) is 0 Å². The molecule has 2 aromatic carbocycles. The first kappa shape index (κ1) is 22.9. The van der Waals surface area contributed by atoms with E-state index in [0.717, 1.165) is 24.5 Å². The van der Waals surface area contributed by atoms with Gasteiger partial charge in [-0.15, -0.1) is 24.0 Å². The number of aliphatic imine (C=N–C) groups is 1. The third-order valence-corrected chi connectivity index (χ3v) is 4.41. The number of imidazole rings is 1. The topological polar surface area (TPSA) is 54.2 Å². The summed E-state index contributed by atoms with van der Waals surface area (Å²) < 4.78 is 15.8. The van der Waals surface area contributed by atoms with E-state index in [1.165, 1.54) is 11.6 Å². The Morgan fingerprint density at radius 1 is 1.10 bits per heavy atom. The number of nitrogens with one attached hydrogen (secondary N) is 2. The van der Waals surface area contributed by atoms with Crippen LogP contribution in [0.5, 0.6) is 0 Å². The van der Waals surface area contributed by atoms with Gasteiger partial charge in [0, 0.05) is 25.5 Å². The number of aromatic nitrogens is 2. The van der Waals surface area contributed by atoms with Gasteiger partial charge in [-0.3, -0.25) is 0 Å². The molecule has 0 amide bonds. The molecule has 0 fully saturated rings. The van der Waals surface area contributed by atoms with Gasteiger partial charge in [0.15, 0.2) is 5.96 Å². The van der Waals surface area contributed by atoms with Gasteiger partial charge in [0.2, 0.25) is 0 Å². The second-order valence-electron chi connectivity index (χ2n) is 6.59. The van der Waals surface area contributed by atoms with Crippen LogP contribution in [0.15, 0.2) is 65.9 Å². The van der Waals surface area contributed by atoms with Crippen molar-refractivity contribution in [3.05, 3.63) is 89.3 Å². The summed E-state index contributed by atoms with van der Waals surface area (Å²) in [5.41, 5.74) is 2.71. The summed E-state index contributed by atoms with van der Waals surface area (Å²) in [5.74, 6) is 1.40. The van der Waals surface area contributed by atoms with Crippen molar-refractivity contribution in [3.63, 3.8) is 0 Å². The van der Waals surface area contributed by atoms with Crippen molar-refractivity contribution in [1.82, 2.24) is 20.2 Å². The van der Waals surface area contributed by atoms with Crippen LogP contribution < -0.4 is 10.6 Å². The number of aryl methyl sites for hydroxylation is 1. The summed E-state index contributed by atoms with van der Waals surface area (Å²) in [6.07, 6.45) is 3.78. The van der Waals surface area contributed by atoms with Crippen LogP contribution in [0.1, 0.15) is 29.4 Å². The molecule has 0 saturated heterocycles. The maximum absolute atomic E-state index is 13.7. The Hall–Kier alpha value is -2.42. The van der Waals surface area contributed by atoms with Crippen molar-refractivity contribution >= 4 is 29.9 Å². The van der Waals surface area contributed by atoms with Gasteiger partial charge in [-0.25, -0.2) is 14.4 Å². The lowest BCUT2D eigenvalue weighted by atomic mass is 10.1. The van der Waals surface area contributed by atoms with Crippen molar-refractivity contribution in [1.29, 1.82) is 0 Å². The summed E-state index contributed by atoms with van der Waals surface area (Å²) in [6, 6.07) is 15.5. The molecule has 0 unspecified atom stereocenters. The average molecular weight is 507 g/mol. The summed E-state index contributed by atoms with van der Waals surface area (Å²) in [5, 5.41) is 6.53. The number of hydrogen-bond donors (Lipinski definition) is 2. The number of halogens is 2. The van der Waals surface area contributed by atoms with Crippen LogP contribution in [0, 0.1) is 12.7 Å². The third kappa shape index (κ3) is 6.85. The second kappa shape index (κ2) is 11.5. The Balaban J connectivity index is 0.00000300. The fourth-order valence-corrected chi connectivity index (χ4v) is 2.84. The van der Waals surface area contributed by atoms with E-state index in [9.17, 15) is 4.39 Å². The molecular weight excluding hydrogens is 480 g/mol. The van der Waals surface area contributed by atoms with Crippen molar-refractivity contribution in [2.75, 3.05) is 6.54 Å². The van der Waals surface area contributed by atoms with Crippen LogP contribution in [0.4, 0.5) is 4.39 Å². The lowest BCUT2D eigenvalue weighted by Gasteiger charge is -2.13. The number of hydrogen-bond acceptors (Lipinski definition) is 2. The summed E-state index contributed by atoms with van der Waals surface area (Å²) in [7, 11) is 0. The zero-order valence-electron chi connectivity index (χ0n) is 16.7. The van der Waals surface area contributed by atoms with Crippen molar-refractivity contribution in [2.45, 2.75) is 33.5 Å². The molecule has 2 N–H and O–H groups in total. The first-order chi connectivity index (χ1) is 13.7. The fourth-order valence-electron chi connectivity index (χ4n) is 2.84. The molecule has 0 aliphatic heterocycles. The maximum atomic E-state index is 13.7. The molecule has 0 radical (unpaired) electrons. The molecule has 3 rings (SSSR count). The molecule has 29 heavy (non-hydrogen) atoms. The van der Waals surface area contributed by atoms with Crippen LogP contribution in [-0.2, 0) is 19.6 Å². The number of benzene rings is 2. The first-order valence-corrected chi connectivity index (χ1v) is 9.47. The van der Waals surface area contributed by atoms with Gasteiger partial charge >= 0.3 is 0 Å². The van der Waals surface area contributed by atoms with E-state index in [0.29, 0.717) is 24.6 Å². The van der Waals surface area contributed by atoms with Crippen LogP contribution in [0.25, 0.3) is 0 Å². The van der Waals surface area contributed by atoms with E-state index in [1.54, 1.807) is 19.2 Å². The zero-order valence-corrected chi connectivity index (χ0v) is 19.1. The highest BCUT2D eigenvalue weighted by atomic mass is 127. The predicted octanol–water partition coefficient (Wildman–Crippen LogP) is 4.25. The molecule has 5 nitrogen and oxygen atoms in total. The molecule has 0 aliphatic carbocycles. The quantitative estimate of drug-likeness (QED) is 0.286. The number of guanidine groups is 1. The van der Waals surface area contributed by atoms with Gasteiger partial charge in [0.1, 0.15) is 11.6 Å². The molecule has 3 aromatic rings. The first-order valence-electron chi connectivity index (χ1n) is 9.47. The van der Waals surface area contributed by atoms with Gasteiger partial charge in [0.05, 0.1) is 13.1 Å². The molecular formula is C22H27FIN5. The molecule has 0 atom stereocenters. The highest BCUT2D eigenvalue weighted by Gasteiger charge is 2.06. The lowest BCUT2D eigenvalue weighted by Crippen LogP contribution is -2.37. The summed E-state index contributed by atoms with van der Waals surface area (Å²) in [6.45, 7) is 6.24. The molecule has 0 saturated carbocycles. The summed E-state index contributed by atoms with van der Waals surface area (Å²) >= 11 is 0. The Labute approximate surface area is 188 Å². The van der Waals surface area contributed by atoms with Crippen molar-refractivity contribution < 1.29 is 4.39 Å². The van der Waals surface area contributed by atoms with E-state index < -0.39 is 0 Å². The minimum absolute atomic E-state index is 0. The Kier molecular flexibility index (Phi) is 9.11. The molecule has 154 valence electrons. The van der Waals surface area contributed by atoms with Gasteiger partial charge in [-0.05, 0) is 36.6 Å². The van der Waals surface area contributed by atoms with Crippen LogP contribution >= 0.6 is 24.0 Å². The monoisotopic (exact) mass is 507 g/mol. The fraction of sp³-hybridized carbons (Fsp3) is 0.273. The van der Waals surface area contributed by atoms with E-state index >= 15 is 0 Å². The summed E-state index contributed by atoms with van der Waals surface area (Å²) in [4.78, 5) is 9.01. The third-order valence-electron chi connectivity index (χ3n) is 4.41. The van der Waals surface area contributed by atoms with E-state index in [4.69, 9.17) is 0 Å². The Bertz CT molecular complexity index is 924. The van der Waals surface area contributed by atoms with Crippen LogP contribution in [-0.4, -0.2) is 22.1 Å². The smallest absolute Gasteiger partial charge is 0.191 e. The minimum Gasteiger partial charge on any atom is -0.357 e. The molecule has 1 aromatic heterocycles. The van der Waals surface area contributed by atoms with Gasteiger partial charge < -0.3 is 15.2 Å². The zero-order chi connectivity index (χ0) is 19.8. The largest absolute Gasteiger partial charge is 0.357 e. The van der Waals surface area contributed by atoms with E-state index in [-0.39, 0.29) is 29.8 Å². The lowest BCUT2D eigenvalue weighted by molar-refractivity contribution is 0.616. The van der Waals surface area contributed by atoms with E-state index in [1.807, 2.05) is 37.4 Å². The molecule has 1 heterocycles. The number of nitrogens with zero attached hydrogens (tertiary/aromatic N) is 3. The van der Waals surface area contributed by atoms with Crippen LogP contribution in [0.3, 0.4) is 0 Å². The highest BCUT2D eigenvalue weighted by Crippen LogP contribution is 2.10. The van der Waals surface area contributed by atoms with E-state index in [2.05, 4.69) is 37.3 Å². The van der Waals surface area contributed by atoms with Crippen molar-refractivity contribution in [2.24, 2.45) is 4.99 Å². The average Bonchev–Trinajstić information content (AvgIpc) is 3.14. The SMILES string of the molecule is CCNC(=NCc1ccc(C)c(F)c1)NCc1nccn1Cc1ccccc1.I. The van der Waals surface area contributed by atoms with Crippen molar-refractivity contribution in [3.8, 4) is 0 Å². The van der Waals surface area contributed by atoms with Gasteiger partial charge in [-0.1, -0.05) is 42.5 Å². The number of rotatable bonds is 7. The normalized spacial score (nSPS) is 11.1. The Morgan fingerprint density at radius 2 is 1.90 bits per heavy atom. The standard InChI is InChI=1S/C22H26FN5.HI/c1-3-24-22(26-14-19-10-9-17(2)20(23)13-19)27-15-21-25-11-12-28(21)16-18-7-5-4-6-8-18;/h4-13H,3,14-16H2,1-2H3,(H2,24,26,27);1H. The highest BCUT2D eigenvalue weighted by molar-refractivity contribution is 14.0. The molecule has 7 heteroatoms. The minimum atomic E-state index is -0.200. The van der Waals surface area contributed by atoms with Gasteiger partial charge in [-0.2, -0.15) is 0 Å². The molecule has 0 bridgehead atoms. The van der Waals surface area contributed by atoms with Crippen LogP contribution in [0.2, 0.25) is 0 Å².